The quantitative estimate of drug-likeness (QED) is 0.682. The molecule has 0 saturated heterocycles. The molecule has 1 aromatic rings. The van der Waals surface area contributed by atoms with Crippen molar-refractivity contribution in [2.24, 2.45) is 5.92 Å². The Bertz CT molecular complexity index is 590. The highest BCUT2D eigenvalue weighted by Gasteiger charge is 2.36. The van der Waals surface area contributed by atoms with Crippen LogP contribution >= 0.6 is 12.2 Å². The van der Waals surface area contributed by atoms with Gasteiger partial charge in [-0.1, -0.05) is 42.5 Å². The van der Waals surface area contributed by atoms with Crippen molar-refractivity contribution in [1.29, 1.82) is 5.26 Å². The van der Waals surface area contributed by atoms with E-state index < -0.39 is 17.8 Å². The average Bonchev–Trinajstić information content (AvgIpc) is 2.48. The summed E-state index contributed by atoms with van der Waals surface area (Å²) < 4.78 is 5.06. The van der Waals surface area contributed by atoms with Gasteiger partial charge in [-0.15, -0.1) is 0 Å². The van der Waals surface area contributed by atoms with Gasteiger partial charge in [0.2, 0.25) is 0 Å². The van der Waals surface area contributed by atoms with Crippen molar-refractivity contribution in [1.82, 2.24) is 5.32 Å². The highest BCUT2D eigenvalue weighted by Crippen LogP contribution is 2.35. The molecule has 1 heterocycles. The first-order valence-electron chi connectivity index (χ1n) is 6.31. The van der Waals surface area contributed by atoms with Gasteiger partial charge in [0.25, 0.3) is 0 Å². The lowest BCUT2D eigenvalue weighted by Crippen LogP contribution is -2.37. The van der Waals surface area contributed by atoms with E-state index in [2.05, 4.69) is 11.4 Å². The molecule has 0 aromatic heterocycles. The fourth-order valence-corrected chi connectivity index (χ4v) is 2.47. The van der Waals surface area contributed by atoms with Crippen LogP contribution in [0.1, 0.15) is 18.4 Å². The van der Waals surface area contributed by atoms with Crippen LogP contribution in [0.2, 0.25) is 0 Å². The zero-order valence-corrected chi connectivity index (χ0v) is 11.8. The molecule has 0 aliphatic carbocycles. The van der Waals surface area contributed by atoms with Gasteiger partial charge < -0.3 is 10.1 Å². The molecule has 5 heteroatoms. The predicted molar refractivity (Wildman–Crippen MR) is 78.7 cm³/mol. The van der Waals surface area contributed by atoms with Crippen molar-refractivity contribution < 1.29 is 9.53 Å². The molecule has 1 N–H and O–H groups in total. The molecular weight excluding hydrogens is 272 g/mol. The summed E-state index contributed by atoms with van der Waals surface area (Å²) in [5, 5.41) is 12.2. The number of hydrogen-bond acceptors (Lipinski definition) is 4. The fraction of sp³-hybridized carbons (Fsp3) is 0.267. The van der Waals surface area contributed by atoms with Crippen LogP contribution in [-0.2, 0) is 9.53 Å². The Morgan fingerprint density at radius 3 is 2.75 bits per heavy atom. The number of carbonyl (C=O) groups excluding carboxylic acids is 1. The van der Waals surface area contributed by atoms with Crippen LogP contribution in [0.25, 0.3) is 0 Å². The second kappa shape index (κ2) is 6.31. The fourth-order valence-electron chi connectivity index (χ4n) is 2.23. The van der Waals surface area contributed by atoms with E-state index in [1.165, 1.54) is 0 Å². The maximum absolute atomic E-state index is 12.1. The number of nitrogens with one attached hydrogen (secondary N) is 1. The van der Waals surface area contributed by atoms with Crippen molar-refractivity contribution in [3.8, 4) is 6.07 Å². The first kappa shape index (κ1) is 14.2. The number of benzene rings is 1. The zero-order chi connectivity index (χ0) is 14.5. The Hall–Kier alpha value is -2.19. The number of rotatable bonds is 3. The molecule has 2 rings (SSSR count). The van der Waals surface area contributed by atoms with E-state index in [4.69, 9.17) is 17.0 Å². The van der Waals surface area contributed by atoms with Crippen molar-refractivity contribution in [3.63, 3.8) is 0 Å². The molecule has 0 fully saturated rings. The van der Waals surface area contributed by atoms with Gasteiger partial charge in [-0.3, -0.25) is 0 Å². The van der Waals surface area contributed by atoms with Gasteiger partial charge in [-0.25, -0.2) is 4.79 Å². The van der Waals surface area contributed by atoms with Gasteiger partial charge in [-0.05, 0) is 12.5 Å². The van der Waals surface area contributed by atoms with Crippen LogP contribution < -0.4 is 5.32 Å². The maximum Gasteiger partial charge on any atom is 0.336 e. The normalized spacial score (nSPS) is 21.4. The van der Waals surface area contributed by atoms with Gasteiger partial charge in [0.05, 0.1) is 23.2 Å². The minimum absolute atomic E-state index is 0.291. The van der Waals surface area contributed by atoms with Crippen LogP contribution in [0, 0.1) is 17.2 Å². The summed E-state index contributed by atoms with van der Waals surface area (Å²) in [5.41, 5.74) is 1.31. The van der Waals surface area contributed by atoms with Crippen LogP contribution in [0.3, 0.4) is 0 Å². The van der Waals surface area contributed by atoms with Gasteiger partial charge in [0, 0.05) is 12.1 Å². The molecular formula is C15H14N2O2S. The summed E-state index contributed by atoms with van der Waals surface area (Å²) in [6, 6.07) is 11.6. The Kier molecular flexibility index (Phi) is 4.49. The van der Waals surface area contributed by atoms with E-state index in [-0.39, 0.29) is 0 Å². The third-order valence-electron chi connectivity index (χ3n) is 3.13. The first-order chi connectivity index (χ1) is 9.69. The van der Waals surface area contributed by atoms with E-state index >= 15 is 0 Å². The summed E-state index contributed by atoms with van der Waals surface area (Å²) in [6.45, 7) is 2.04. The SMILES string of the molecule is CCOC(=O)C1=CNC(=S)C(C#N)C1c1ccccc1. The van der Waals surface area contributed by atoms with Crippen LogP contribution in [0.15, 0.2) is 42.1 Å². The lowest BCUT2D eigenvalue weighted by molar-refractivity contribution is -0.138. The molecule has 102 valence electrons. The topological polar surface area (TPSA) is 62.1 Å². The molecule has 0 radical (unpaired) electrons. The molecule has 2 atom stereocenters. The monoisotopic (exact) mass is 286 g/mol. The number of carbonyl (C=O) groups is 1. The van der Waals surface area contributed by atoms with Gasteiger partial charge in [0.1, 0.15) is 5.92 Å². The van der Waals surface area contributed by atoms with Gasteiger partial charge >= 0.3 is 5.97 Å². The van der Waals surface area contributed by atoms with Crippen molar-refractivity contribution in [3.05, 3.63) is 47.7 Å². The van der Waals surface area contributed by atoms with Gasteiger partial charge in [-0.2, -0.15) is 5.26 Å². The van der Waals surface area contributed by atoms with E-state index in [9.17, 15) is 10.1 Å². The third-order valence-corrected chi connectivity index (χ3v) is 3.50. The Balaban J connectivity index is 2.46. The molecule has 0 amide bonds. The molecule has 0 saturated carbocycles. The maximum atomic E-state index is 12.1. The first-order valence-corrected chi connectivity index (χ1v) is 6.72. The largest absolute Gasteiger partial charge is 0.463 e. The highest BCUT2D eigenvalue weighted by molar-refractivity contribution is 7.80. The number of ether oxygens (including phenoxy) is 1. The molecule has 4 nitrogen and oxygen atoms in total. The van der Waals surface area contributed by atoms with E-state index in [0.717, 1.165) is 5.56 Å². The number of nitriles is 1. The molecule has 0 bridgehead atoms. The predicted octanol–water partition coefficient (Wildman–Crippen LogP) is 2.29. The Morgan fingerprint density at radius 1 is 1.45 bits per heavy atom. The summed E-state index contributed by atoms with van der Waals surface area (Å²) in [7, 11) is 0. The molecule has 0 spiro atoms. The second-order valence-corrected chi connectivity index (χ2v) is 4.76. The van der Waals surface area contributed by atoms with Crippen LogP contribution in [0.4, 0.5) is 0 Å². The number of nitrogens with zero attached hydrogens (tertiary/aromatic N) is 1. The highest BCUT2D eigenvalue weighted by atomic mass is 32.1. The number of esters is 1. The molecule has 1 aliphatic heterocycles. The minimum atomic E-state index is -0.572. The van der Waals surface area contributed by atoms with Crippen LogP contribution in [-0.4, -0.2) is 17.6 Å². The van der Waals surface area contributed by atoms with Gasteiger partial charge in [0.15, 0.2) is 0 Å². The molecule has 1 aromatic carbocycles. The Morgan fingerprint density at radius 2 is 2.15 bits per heavy atom. The third kappa shape index (κ3) is 2.70. The molecule has 1 aliphatic rings. The zero-order valence-electron chi connectivity index (χ0n) is 11.0. The number of hydrogen-bond donors (Lipinski definition) is 1. The standard InChI is InChI=1S/C15H14N2O2S/c1-2-19-15(18)12-9-17-14(20)11(8-16)13(12)10-6-4-3-5-7-10/h3-7,9,11,13H,2H2,1H3,(H,17,20). The minimum Gasteiger partial charge on any atom is -0.463 e. The smallest absolute Gasteiger partial charge is 0.336 e. The molecule has 20 heavy (non-hydrogen) atoms. The van der Waals surface area contributed by atoms with E-state index in [1.807, 2.05) is 30.3 Å². The summed E-state index contributed by atoms with van der Waals surface area (Å²) in [5.74, 6) is -1.39. The van der Waals surface area contributed by atoms with Crippen LogP contribution in [0.5, 0.6) is 0 Å². The lowest BCUT2D eigenvalue weighted by Gasteiger charge is -2.28. The van der Waals surface area contributed by atoms with Crippen molar-refractivity contribution in [2.75, 3.05) is 6.61 Å². The Labute approximate surface area is 123 Å². The summed E-state index contributed by atoms with van der Waals surface area (Å²) >= 11 is 5.18. The average molecular weight is 286 g/mol. The van der Waals surface area contributed by atoms with E-state index in [0.29, 0.717) is 17.2 Å². The van der Waals surface area contributed by atoms with Crippen molar-refractivity contribution in [2.45, 2.75) is 12.8 Å². The van der Waals surface area contributed by atoms with E-state index in [1.54, 1.807) is 13.1 Å². The second-order valence-electron chi connectivity index (χ2n) is 4.32. The summed E-state index contributed by atoms with van der Waals surface area (Å²) in [6.07, 6.45) is 1.55. The lowest BCUT2D eigenvalue weighted by atomic mass is 9.79. The van der Waals surface area contributed by atoms with Crippen molar-refractivity contribution >= 4 is 23.2 Å². The summed E-state index contributed by atoms with van der Waals surface area (Å²) in [4.78, 5) is 12.5. The molecule has 2 unspecified atom stereocenters. The number of thiocarbonyl (C=S) groups is 1.